The van der Waals surface area contributed by atoms with Crippen LogP contribution in [0.15, 0.2) is 18.2 Å². The van der Waals surface area contributed by atoms with Gasteiger partial charge in [-0.15, -0.1) is 0 Å². The molecule has 2 fully saturated rings. The van der Waals surface area contributed by atoms with Gasteiger partial charge in [0.2, 0.25) is 0 Å². The SMILES string of the molecule is Cc1ccc(F)cc1C(=O)N1CC2CNCC2C1C. The molecule has 3 rings (SSSR count). The Morgan fingerprint density at radius 3 is 2.95 bits per heavy atom. The molecule has 3 nitrogen and oxygen atoms in total. The molecular weight excluding hydrogens is 243 g/mol. The van der Waals surface area contributed by atoms with Gasteiger partial charge in [0.05, 0.1) is 0 Å². The van der Waals surface area contributed by atoms with Gasteiger partial charge in [0.25, 0.3) is 5.91 Å². The van der Waals surface area contributed by atoms with Gasteiger partial charge in [-0.1, -0.05) is 6.07 Å². The zero-order valence-electron chi connectivity index (χ0n) is 11.3. The zero-order chi connectivity index (χ0) is 13.6. The van der Waals surface area contributed by atoms with Crippen LogP contribution < -0.4 is 5.32 Å². The minimum atomic E-state index is -0.345. The summed E-state index contributed by atoms with van der Waals surface area (Å²) in [6.07, 6.45) is 0. The number of fused-ring (bicyclic) bond motifs is 1. The van der Waals surface area contributed by atoms with E-state index >= 15 is 0 Å². The van der Waals surface area contributed by atoms with Gasteiger partial charge in [-0.2, -0.15) is 0 Å². The normalized spacial score (nSPS) is 29.6. The Morgan fingerprint density at radius 2 is 2.21 bits per heavy atom. The first-order valence-electron chi connectivity index (χ1n) is 6.86. The van der Waals surface area contributed by atoms with Gasteiger partial charge in [0.15, 0.2) is 0 Å². The molecule has 1 N–H and O–H groups in total. The van der Waals surface area contributed by atoms with Gasteiger partial charge in [0, 0.05) is 31.2 Å². The number of halogens is 1. The van der Waals surface area contributed by atoms with Crippen LogP contribution in [0.1, 0.15) is 22.8 Å². The van der Waals surface area contributed by atoms with Crippen LogP contribution in [-0.2, 0) is 0 Å². The van der Waals surface area contributed by atoms with Crippen LogP contribution in [-0.4, -0.2) is 36.5 Å². The zero-order valence-corrected chi connectivity index (χ0v) is 11.3. The minimum absolute atomic E-state index is 0.0288. The van der Waals surface area contributed by atoms with E-state index in [-0.39, 0.29) is 17.8 Å². The molecule has 1 aromatic rings. The van der Waals surface area contributed by atoms with Crippen LogP contribution in [0.3, 0.4) is 0 Å². The molecule has 3 atom stereocenters. The lowest BCUT2D eigenvalue weighted by Gasteiger charge is -2.25. The Balaban J connectivity index is 1.86. The highest BCUT2D eigenvalue weighted by Gasteiger charge is 2.43. The Kier molecular flexibility index (Phi) is 3.05. The third-order valence-electron chi connectivity index (χ3n) is 4.63. The Hall–Kier alpha value is -1.42. The average Bonchev–Trinajstić information content (AvgIpc) is 2.95. The Morgan fingerprint density at radius 1 is 1.42 bits per heavy atom. The first-order chi connectivity index (χ1) is 9.08. The van der Waals surface area contributed by atoms with Gasteiger partial charge in [-0.3, -0.25) is 4.79 Å². The molecule has 0 aromatic heterocycles. The number of likely N-dealkylation sites (tertiary alicyclic amines) is 1. The first kappa shape index (κ1) is 12.6. The average molecular weight is 262 g/mol. The summed E-state index contributed by atoms with van der Waals surface area (Å²) < 4.78 is 13.3. The fraction of sp³-hybridized carbons (Fsp3) is 0.533. The van der Waals surface area contributed by atoms with E-state index in [2.05, 4.69) is 12.2 Å². The highest BCUT2D eigenvalue weighted by Crippen LogP contribution is 2.33. The van der Waals surface area contributed by atoms with Crippen molar-refractivity contribution in [3.05, 3.63) is 35.1 Å². The molecule has 0 spiro atoms. The molecule has 4 heteroatoms. The molecule has 1 aromatic carbocycles. The Labute approximate surface area is 112 Å². The van der Waals surface area contributed by atoms with E-state index in [1.165, 1.54) is 12.1 Å². The van der Waals surface area contributed by atoms with Crippen LogP contribution in [0.25, 0.3) is 0 Å². The van der Waals surface area contributed by atoms with E-state index in [0.717, 1.165) is 25.2 Å². The predicted octanol–water partition coefficient (Wildman–Crippen LogP) is 1.81. The lowest BCUT2D eigenvalue weighted by atomic mass is 9.95. The van der Waals surface area contributed by atoms with E-state index < -0.39 is 0 Å². The van der Waals surface area contributed by atoms with E-state index in [9.17, 15) is 9.18 Å². The summed E-state index contributed by atoms with van der Waals surface area (Å²) >= 11 is 0. The summed E-state index contributed by atoms with van der Waals surface area (Å²) in [5.41, 5.74) is 1.34. The summed E-state index contributed by atoms with van der Waals surface area (Å²) in [7, 11) is 0. The van der Waals surface area contributed by atoms with Gasteiger partial charge in [-0.05, 0) is 43.4 Å². The van der Waals surface area contributed by atoms with Crippen molar-refractivity contribution in [3.8, 4) is 0 Å². The number of nitrogens with zero attached hydrogens (tertiary/aromatic N) is 1. The van der Waals surface area contributed by atoms with Crippen molar-refractivity contribution in [2.24, 2.45) is 11.8 Å². The maximum Gasteiger partial charge on any atom is 0.254 e. The standard InChI is InChI=1S/C15H19FN2O/c1-9-3-4-12(16)5-13(9)15(19)18-8-11-6-17-7-14(11)10(18)2/h3-5,10-11,14,17H,6-8H2,1-2H3. The predicted molar refractivity (Wildman–Crippen MR) is 71.5 cm³/mol. The van der Waals surface area contributed by atoms with E-state index in [4.69, 9.17) is 0 Å². The van der Waals surface area contributed by atoms with E-state index in [1.807, 2.05) is 11.8 Å². The molecule has 102 valence electrons. The number of nitrogens with one attached hydrogen (secondary N) is 1. The number of carbonyl (C=O) groups is 1. The molecule has 3 unspecified atom stereocenters. The fourth-order valence-electron chi connectivity index (χ4n) is 3.42. The molecule has 0 aliphatic carbocycles. The molecule has 2 aliphatic heterocycles. The minimum Gasteiger partial charge on any atom is -0.335 e. The molecule has 0 radical (unpaired) electrons. The lowest BCUT2D eigenvalue weighted by molar-refractivity contribution is 0.0727. The van der Waals surface area contributed by atoms with Crippen molar-refractivity contribution in [2.75, 3.05) is 19.6 Å². The Bertz CT molecular complexity index is 517. The monoisotopic (exact) mass is 262 g/mol. The summed E-state index contributed by atoms with van der Waals surface area (Å²) in [4.78, 5) is 14.5. The highest BCUT2D eigenvalue weighted by molar-refractivity contribution is 5.96. The summed E-state index contributed by atoms with van der Waals surface area (Å²) in [6, 6.07) is 4.66. The quantitative estimate of drug-likeness (QED) is 0.837. The number of hydrogen-bond donors (Lipinski definition) is 1. The first-order valence-corrected chi connectivity index (χ1v) is 6.86. The molecule has 0 bridgehead atoms. The summed E-state index contributed by atoms with van der Waals surface area (Å²) in [5, 5.41) is 3.38. The van der Waals surface area contributed by atoms with Crippen LogP contribution in [0.5, 0.6) is 0 Å². The second-order valence-electron chi connectivity index (χ2n) is 5.74. The molecule has 0 saturated carbocycles. The third kappa shape index (κ3) is 2.04. The van der Waals surface area contributed by atoms with Crippen LogP contribution in [0.4, 0.5) is 4.39 Å². The number of amides is 1. The van der Waals surface area contributed by atoms with Crippen molar-refractivity contribution in [3.63, 3.8) is 0 Å². The number of aryl methyl sites for hydroxylation is 1. The second kappa shape index (κ2) is 4.60. The third-order valence-corrected chi connectivity index (χ3v) is 4.63. The molecule has 2 heterocycles. The summed E-state index contributed by atoms with van der Waals surface area (Å²) in [6.45, 7) is 6.71. The second-order valence-corrected chi connectivity index (χ2v) is 5.74. The number of carbonyl (C=O) groups excluding carboxylic acids is 1. The van der Waals surface area contributed by atoms with Crippen molar-refractivity contribution in [2.45, 2.75) is 19.9 Å². The van der Waals surface area contributed by atoms with Gasteiger partial charge >= 0.3 is 0 Å². The highest BCUT2D eigenvalue weighted by atomic mass is 19.1. The largest absolute Gasteiger partial charge is 0.335 e. The number of benzene rings is 1. The summed E-state index contributed by atoms with van der Waals surface area (Å²) in [5.74, 6) is 0.715. The van der Waals surface area contributed by atoms with Crippen LogP contribution in [0, 0.1) is 24.6 Å². The van der Waals surface area contributed by atoms with Crippen molar-refractivity contribution in [1.82, 2.24) is 10.2 Å². The molecule has 1 amide bonds. The van der Waals surface area contributed by atoms with Crippen molar-refractivity contribution < 1.29 is 9.18 Å². The van der Waals surface area contributed by atoms with Gasteiger partial charge < -0.3 is 10.2 Å². The molecule has 19 heavy (non-hydrogen) atoms. The lowest BCUT2D eigenvalue weighted by Crippen LogP contribution is -2.38. The topological polar surface area (TPSA) is 32.3 Å². The van der Waals surface area contributed by atoms with Crippen LogP contribution in [0.2, 0.25) is 0 Å². The maximum absolute atomic E-state index is 13.3. The van der Waals surface area contributed by atoms with E-state index in [0.29, 0.717) is 17.4 Å². The van der Waals surface area contributed by atoms with Crippen LogP contribution >= 0.6 is 0 Å². The van der Waals surface area contributed by atoms with Gasteiger partial charge in [0.1, 0.15) is 5.82 Å². The molecule has 2 saturated heterocycles. The fourth-order valence-corrected chi connectivity index (χ4v) is 3.42. The van der Waals surface area contributed by atoms with Crippen molar-refractivity contribution in [1.29, 1.82) is 0 Å². The molecular formula is C15H19FN2O. The van der Waals surface area contributed by atoms with E-state index in [1.54, 1.807) is 6.07 Å². The van der Waals surface area contributed by atoms with Gasteiger partial charge in [-0.25, -0.2) is 4.39 Å². The molecule has 2 aliphatic rings. The maximum atomic E-state index is 13.3. The smallest absolute Gasteiger partial charge is 0.254 e. The van der Waals surface area contributed by atoms with Crippen molar-refractivity contribution >= 4 is 5.91 Å². The number of hydrogen-bond acceptors (Lipinski definition) is 2. The number of rotatable bonds is 1.